The molecule has 3 aromatic rings. The van der Waals surface area contributed by atoms with Crippen LogP contribution in [0.25, 0.3) is 10.9 Å². The number of nitrogens with one attached hydrogen (secondary N) is 2. The summed E-state index contributed by atoms with van der Waals surface area (Å²) in [5, 5.41) is 3.92. The van der Waals surface area contributed by atoms with Gasteiger partial charge in [0.2, 0.25) is 0 Å². The Balaban J connectivity index is 1.68. The number of aromatic nitrogens is 2. The molecule has 1 atom stereocenters. The molecule has 0 aliphatic carbocycles. The van der Waals surface area contributed by atoms with Crippen molar-refractivity contribution in [1.82, 2.24) is 14.9 Å². The molecule has 3 heterocycles. The van der Waals surface area contributed by atoms with Gasteiger partial charge in [0.15, 0.2) is 0 Å². The molecule has 30 heavy (non-hydrogen) atoms. The van der Waals surface area contributed by atoms with Gasteiger partial charge in [-0.25, -0.2) is 0 Å². The highest BCUT2D eigenvalue weighted by Crippen LogP contribution is 2.34. The second-order valence-electron chi connectivity index (χ2n) is 7.90. The number of pyridine rings is 1. The fourth-order valence-corrected chi connectivity index (χ4v) is 4.94. The minimum Gasteiger partial charge on any atom is -0.381 e. The molecule has 0 bridgehead atoms. The third-order valence-electron chi connectivity index (χ3n) is 6.01. The van der Waals surface area contributed by atoms with Gasteiger partial charge in [-0.05, 0) is 39.2 Å². The molecule has 1 aliphatic rings. The van der Waals surface area contributed by atoms with Crippen LogP contribution in [0.4, 0.5) is 0 Å². The summed E-state index contributed by atoms with van der Waals surface area (Å²) < 4.78 is 7.64. The largest absolute Gasteiger partial charge is 0.381 e. The maximum absolute atomic E-state index is 13.3. The van der Waals surface area contributed by atoms with E-state index in [1.54, 1.807) is 0 Å². The third kappa shape index (κ3) is 3.56. The Morgan fingerprint density at radius 3 is 2.73 bits per heavy atom. The zero-order valence-electron chi connectivity index (χ0n) is 17.7. The van der Waals surface area contributed by atoms with Crippen LogP contribution in [-0.4, -0.2) is 34.9 Å². The number of hydrogen-bond donors (Lipinski definition) is 2. The normalized spacial score (nSPS) is 15.2. The predicted molar refractivity (Wildman–Crippen MR) is 120 cm³/mol. The number of aromatic amines is 1. The highest BCUT2D eigenvalue weighted by Gasteiger charge is 2.30. The Morgan fingerprint density at radius 2 is 2.07 bits per heavy atom. The van der Waals surface area contributed by atoms with Crippen molar-refractivity contribution in [3.63, 3.8) is 0 Å². The van der Waals surface area contributed by atoms with E-state index in [1.165, 1.54) is 11.8 Å². The quantitative estimate of drug-likeness (QED) is 0.589. The second-order valence-corrected chi connectivity index (χ2v) is 8.74. The monoisotopic (exact) mass is 425 g/mol. The molecule has 0 saturated carbocycles. The summed E-state index contributed by atoms with van der Waals surface area (Å²) in [4.78, 5) is 29.4. The van der Waals surface area contributed by atoms with E-state index in [1.807, 2.05) is 44.4 Å². The van der Waals surface area contributed by atoms with Gasteiger partial charge in [-0.2, -0.15) is 0 Å². The fraction of sp³-hybridized carbons (Fsp3) is 0.391. The number of benzene rings is 1. The number of aryl methyl sites for hydroxylation is 1. The molecule has 2 aromatic heterocycles. The van der Waals surface area contributed by atoms with Crippen molar-refractivity contribution < 1.29 is 9.53 Å². The molecule has 1 aromatic carbocycles. The summed E-state index contributed by atoms with van der Waals surface area (Å²) in [6.45, 7) is 7.73. The topological polar surface area (TPSA) is 76.1 Å². The molecule has 0 radical (unpaired) electrons. The number of ether oxygens (including phenoxy) is 1. The van der Waals surface area contributed by atoms with Crippen molar-refractivity contribution in [2.75, 3.05) is 19.5 Å². The average Bonchev–Trinajstić information content (AvgIpc) is 2.96. The van der Waals surface area contributed by atoms with Gasteiger partial charge in [-0.15, -0.1) is 11.8 Å². The first-order valence-electron chi connectivity index (χ1n) is 10.1. The van der Waals surface area contributed by atoms with Crippen molar-refractivity contribution in [3.05, 3.63) is 63.2 Å². The van der Waals surface area contributed by atoms with Gasteiger partial charge in [0.25, 0.3) is 11.5 Å². The fourth-order valence-electron chi connectivity index (χ4n) is 4.24. The zero-order chi connectivity index (χ0) is 21.4. The molecular formula is C23H27N3O3S. The lowest BCUT2D eigenvalue weighted by atomic mass is 9.99. The summed E-state index contributed by atoms with van der Waals surface area (Å²) in [5.74, 6) is 0.289. The van der Waals surface area contributed by atoms with E-state index in [9.17, 15) is 9.59 Å². The van der Waals surface area contributed by atoms with Crippen molar-refractivity contribution in [2.45, 2.75) is 38.3 Å². The summed E-state index contributed by atoms with van der Waals surface area (Å²) in [6, 6.07) is 10.2. The molecule has 7 heteroatoms. The minimum absolute atomic E-state index is 0.155. The Bertz CT molecular complexity index is 1160. The third-order valence-corrected chi connectivity index (χ3v) is 6.82. The first-order valence-corrected chi connectivity index (χ1v) is 11.4. The lowest BCUT2D eigenvalue weighted by molar-refractivity contribution is -0.0531. The maximum Gasteiger partial charge on any atom is 0.254 e. The van der Waals surface area contributed by atoms with Crippen molar-refractivity contribution in [3.8, 4) is 0 Å². The molecule has 6 nitrogen and oxygen atoms in total. The minimum atomic E-state index is -0.161. The highest BCUT2D eigenvalue weighted by atomic mass is 32.2. The van der Waals surface area contributed by atoms with Gasteiger partial charge in [0.1, 0.15) is 0 Å². The van der Waals surface area contributed by atoms with Crippen molar-refractivity contribution in [2.24, 2.45) is 5.92 Å². The van der Waals surface area contributed by atoms with Crippen LogP contribution >= 0.6 is 11.8 Å². The van der Waals surface area contributed by atoms with Gasteiger partial charge in [0.05, 0.1) is 18.8 Å². The molecule has 1 amide bonds. The first-order chi connectivity index (χ1) is 14.4. The van der Waals surface area contributed by atoms with Crippen LogP contribution in [0, 0.1) is 19.8 Å². The number of carbonyl (C=O) groups is 1. The number of fused-ring (bicyclic) bond motifs is 1. The highest BCUT2D eigenvalue weighted by molar-refractivity contribution is 7.98. The second kappa shape index (κ2) is 8.32. The summed E-state index contributed by atoms with van der Waals surface area (Å²) >= 11 is 1.51. The van der Waals surface area contributed by atoms with E-state index in [2.05, 4.69) is 27.9 Å². The standard InChI is InChI=1S/C23H27N3O3S/c1-13-9-20(30-4)18(22(27)25-13)10-24-23(28)21-15(3)26(14(2)16-11-29-12-16)19-8-6-5-7-17(19)21/h5-9,14,16H,10-12H2,1-4H3,(H,24,28)(H,25,27)/t14-/m0/s1. The number of H-pyrrole nitrogens is 1. The average molecular weight is 426 g/mol. The van der Waals surface area contributed by atoms with E-state index in [-0.39, 0.29) is 24.1 Å². The molecule has 4 rings (SSSR count). The van der Waals surface area contributed by atoms with Crippen molar-refractivity contribution in [1.29, 1.82) is 0 Å². The van der Waals surface area contributed by atoms with Crippen LogP contribution in [0.2, 0.25) is 0 Å². The molecule has 158 valence electrons. The number of nitrogens with zero attached hydrogens (tertiary/aromatic N) is 1. The molecule has 1 aliphatic heterocycles. The van der Waals surface area contributed by atoms with Crippen LogP contribution in [0.15, 0.2) is 40.0 Å². The number of carbonyl (C=O) groups excluding carboxylic acids is 1. The smallest absolute Gasteiger partial charge is 0.254 e. The summed E-state index contributed by atoms with van der Waals surface area (Å²) in [6.07, 6.45) is 1.93. The number of para-hydroxylation sites is 1. The van der Waals surface area contributed by atoms with Crippen molar-refractivity contribution >= 4 is 28.6 Å². The molecule has 1 saturated heterocycles. The van der Waals surface area contributed by atoms with Crippen LogP contribution in [0.3, 0.4) is 0 Å². The lowest BCUT2D eigenvalue weighted by Crippen LogP contribution is -2.35. The Hall–Kier alpha value is -2.51. The Labute approximate surface area is 180 Å². The zero-order valence-corrected chi connectivity index (χ0v) is 18.6. The van der Waals surface area contributed by atoms with E-state index < -0.39 is 0 Å². The van der Waals surface area contributed by atoms with Crippen LogP contribution in [0.1, 0.15) is 40.3 Å². The summed E-state index contributed by atoms with van der Waals surface area (Å²) in [5.41, 5.74) is 3.91. The molecule has 0 unspecified atom stereocenters. The number of hydrogen-bond acceptors (Lipinski definition) is 4. The lowest BCUT2D eigenvalue weighted by Gasteiger charge is -2.33. The number of amides is 1. The molecular weight excluding hydrogens is 398 g/mol. The van der Waals surface area contributed by atoms with Crippen LogP contribution in [-0.2, 0) is 11.3 Å². The molecule has 2 N–H and O–H groups in total. The van der Waals surface area contributed by atoms with Gasteiger partial charge in [-0.3, -0.25) is 9.59 Å². The Kier molecular flexibility index (Phi) is 5.75. The molecule has 1 fully saturated rings. The summed E-state index contributed by atoms with van der Waals surface area (Å²) in [7, 11) is 0. The Morgan fingerprint density at radius 1 is 1.33 bits per heavy atom. The van der Waals surface area contributed by atoms with E-state index in [0.717, 1.165) is 40.4 Å². The number of thioether (sulfide) groups is 1. The van der Waals surface area contributed by atoms with Crippen LogP contribution < -0.4 is 10.9 Å². The number of rotatable bonds is 6. The van der Waals surface area contributed by atoms with Gasteiger partial charge >= 0.3 is 0 Å². The van der Waals surface area contributed by atoms with Gasteiger partial charge in [-0.1, -0.05) is 18.2 Å². The van der Waals surface area contributed by atoms with E-state index in [0.29, 0.717) is 17.0 Å². The van der Waals surface area contributed by atoms with Gasteiger partial charge in [0, 0.05) is 51.3 Å². The SMILES string of the molecule is CSc1cc(C)[nH]c(=O)c1CNC(=O)c1c(C)n([C@@H](C)C2COC2)c2ccccc12. The maximum atomic E-state index is 13.3. The van der Waals surface area contributed by atoms with Gasteiger partial charge < -0.3 is 19.6 Å². The van der Waals surface area contributed by atoms with E-state index in [4.69, 9.17) is 4.74 Å². The predicted octanol–water partition coefficient (Wildman–Crippen LogP) is 3.81. The van der Waals surface area contributed by atoms with E-state index >= 15 is 0 Å². The van der Waals surface area contributed by atoms with Crippen LogP contribution in [0.5, 0.6) is 0 Å². The first kappa shape index (κ1) is 20.8. The molecule has 0 spiro atoms.